The van der Waals surface area contributed by atoms with Gasteiger partial charge in [0.05, 0.1) is 0 Å². The number of carbonyl (C=O) groups excluding carboxylic acids is 1. The van der Waals surface area contributed by atoms with Crippen LogP contribution in [-0.2, 0) is 13.1 Å². The van der Waals surface area contributed by atoms with Gasteiger partial charge in [-0.05, 0) is 30.2 Å². The summed E-state index contributed by atoms with van der Waals surface area (Å²) in [4.78, 5) is 11.8. The third kappa shape index (κ3) is 4.10. The quantitative estimate of drug-likeness (QED) is 0.799. The van der Waals surface area contributed by atoms with E-state index in [1.54, 1.807) is 0 Å². The fraction of sp³-hybridized carbons (Fsp3) is 0.188. The van der Waals surface area contributed by atoms with Crippen LogP contribution in [0.25, 0.3) is 0 Å². The number of carbonyl (C=O) groups is 1. The summed E-state index contributed by atoms with van der Waals surface area (Å²) in [5.41, 5.74) is 9.58. The van der Waals surface area contributed by atoms with Gasteiger partial charge in [0, 0.05) is 18.8 Å². The Bertz CT molecular complexity index is 579. The summed E-state index contributed by atoms with van der Waals surface area (Å²) in [6, 6.07) is 15.3. The number of nitrogens with two attached hydrogens (primary N) is 1. The largest absolute Gasteiger partial charge is 0.334 e. The van der Waals surface area contributed by atoms with Crippen molar-refractivity contribution in [3.8, 4) is 0 Å². The maximum Gasteiger partial charge on any atom is 0.319 e. The summed E-state index contributed by atoms with van der Waals surface area (Å²) in [5, 5.41) is 5.62. The van der Waals surface area contributed by atoms with Gasteiger partial charge in [-0.3, -0.25) is 0 Å². The van der Waals surface area contributed by atoms with Gasteiger partial charge in [-0.15, -0.1) is 0 Å². The summed E-state index contributed by atoms with van der Waals surface area (Å²) in [5.74, 6) is 0. The molecule has 2 rings (SSSR count). The number of hydrogen-bond donors (Lipinski definition) is 3. The number of aryl methyl sites for hydroxylation is 1. The van der Waals surface area contributed by atoms with Crippen LogP contribution in [0.4, 0.5) is 10.5 Å². The van der Waals surface area contributed by atoms with Crippen LogP contribution >= 0.6 is 0 Å². The first-order valence-electron chi connectivity index (χ1n) is 6.57. The third-order valence-electron chi connectivity index (χ3n) is 2.99. The lowest BCUT2D eigenvalue weighted by atomic mass is 10.1. The van der Waals surface area contributed by atoms with Crippen molar-refractivity contribution in [3.05, 3.63) is 65.2 Å². The lowest BCUT2D eigenvalue weighted by Gasteiger charge is -2.09. The summed E-state index contributed by atoms with van der Waals surface area (Å²) >= 11 is 0. The number of benzene rings is 2. The molecule has 0 aromatic heterocycles. The van der Waals surface area contributed by atoms with E-state index in [2.05, 4.69) is 10.6 Å². The first-order chi connectivity index (χ1) is 9.67. The highest BCUT2D eigenvalue weighted by Gasteiger charge is 2.02. The Balaban J connectivity index is 1.87. The second-order valence-electron chi connectivity index (χ2n) is 4.70. The van der Waals surface area contributed by atoms with Crippen molar-refractivity contribution >= 4 is 11.7 Å². The van der Waals surface area contributed by atoms with E-state index in [0.717, 1.165) is 16.8 Å². The molecule has 0 spiro atoms. The van der Waals surface area contributed by atoms with Gasteiger partial charge in [0.2, 0.25) is 0 Å². The molecular weight excluding hydrogens is 250 g/mol. The highest BCUT2D eigenvalue weighted by molar-refractivity contribution is 5.89. The van der Waals surface area contributed by atoms with Gasteiger partial charge < -0.3 is 16.4 Å². The predicted octanol–water partition coefficient (Wildman–Crippen LogP) is 2.78. The number of urea groups is 1. The Labute approximate surface area is 119 Å². The molecule has 0 saturated heterocycles. The van der Waals surface area contributed by atoms with E-state index in [1.165, 1.54) is 5.56 Å². The van der Waals surface area contributed by atoms with E-state index in [-0.39, 0.29) is 6.03 Å². The molecule has 104 valence electrons. The van der Waals surface area contributed by atoms with Crippen LogP contribution in [0, 0.1) is 6.92 Å². The molecule has 0 saturated carbocycles. The van der Waals surface area contributed by atoms with E-state index < -0.39 is 0 Å². The average molecular weight is 269 g/mol. The molecule has 0 atom stereocenters. The normalized spacial score (nSPS) is 10.1. The fourth-order valence-electron chi connectivity index (χ4n) is 1.84. The highest BCUT2D eigenvalue weighted by Crippen LogP contribution is 2.10. The molecule has 0 aliphatic heterocycles. The molecule has 2 aromatic carbocycles. The smallest absolute Gasteiger partial charge is 0.319 e. The second-order valence-corrected chi connectivity index (χ2v) is 4.70. The van der Waals surface area contributed by atoms with Gasteiger partial charge in [-0.25, -0.2) is 4.79 Å². The molecule has 4 heteroatoms. The van der Waals surface area contributed by atoms with Crippen molar-refractivity contribution in [2.24, 2.45) is 5.73 Å². The molecule has 0 radical (unpaired) electrons. The predicted molar refractivity (Wildman–Crippen MR) is 81.4 cm³/mol. The van der Waals surface area contributed by atoms with Gasteiger partial charge in [0.15, 0.2) is 0 Å². The first-order valence-corrected chi connectivity index (χ1v) is 6.57. The molecule has 4 nitrogen and oxygen atoms in total. The maximum atomic E-state index is 11.8. The van der Waals surface area contributed by atoms with Crippen LogP contribution in [0.3, 0.4) is 0 Å². The zero-order valence-electron chi connectivity index (χ0n) is 11.5. The number of amides is 2. The summed E-state index contributed by atoms with van der Waals surface area (Å²) in [6.45, 7) is 3.00. The molecular formula is C16H19N3O. The first kappa shape index (κ1) is 14.1. The van der Waals surface area contributed by atoms with Crippen molar-refractivity contribution in [1.29, 1.82) is 0 Å². The van der Waals surface area contributed by atoms with Crippen LogP contribution in [0.2, 0.25) is 0 Å². The Hall–Kier alpha value is -2.33. The minimum Gasteiger partial charge on any atom is -0.334 e. The molecule has 20 heavy (non-hydrogen) atoms. The second kappa shape index (κ2) is 6.73. The van der Waals surface area contributed by atoms with E-state index in [9.17, 15) is 4.79 Å². The Kier molecular flexibility index (Phi) is 4.74. The molecule has 2 aromatic rings. The Morgan fingerprint density at radius 1 is 1.10 bits per heavy atom. The summed E-state index contributed by atoms with van der Waals surface area (Å²) < 4.78 is 0. The van der Waals surface area contributed by atoms with E-state index in [0.29, 0.717) is 13.1 Å². The number of hydrogen-bond acceptors (Lipinski definition) is 2. The minimum atomic E-state index is -0.222. The van der Waals surface area contributed by atoms with Crippen LogP contribution in [0.15, 0.2) is 48.5 Å². The lowest BCUT2D eigenvalue weighted by Crippen LogP contribution is -2.28. The monoisotopic (exact) mass is 269 g/mol. The number of nitrogens with one attached hydrogen (secondary N) is 2. The van der Waals surface area contributed by atoms with Crippen LogP contribution in [0.1, 0.15) is 16.7 Å². The van der Waals surface area contributed by atoms with Crippen LogP contribution < -0.4 is 16.4 Å². The fourth-order valence-corrected chi connectivity index (χ4v) is 1.84. The Morgan fingerprint density at radius 3 is 2.55 bits per heavy atom. The molecule has 0 unspecified atom stereocenters. The molecule has 2 amide bonds. The Morgan fingerprint density at radius 2 is 1.85 bits per heavy atom. The molecule has 0 aliphatic rings. The van der Waals surface area contributed by atoms with Crippen LogP contribution in [0.5, 0.6) is 0 Å². The van der Waals surface area contributed by atoms with Crippen molar-refractivity contribution in [1.82, 2.24) is 5.32 Å². The van der Waals surface area contributed by atoms with Gasteiger partial charge in [0.1, 0.15) is 0 Å². The lowest BCUT2D eigenvalue weighted by molar-refractivity contribution is 0.251. The van der Waals surface area contributed by atoms with Crippen LogP contribution in [-0.4, -0.2) is 6.03 Å². The minimum absolute atomic E-state index is 0.222. The average Bonchev–Trinajstić information content (AvgIpc) is 2.47. The van der Waals surface area contributed by atoms with Gasteiger partial charge in [-0.2, -0.15) is 0 Å². The van der Waals surface area contributed by atoms with Gasteiger partial charge in [-0.1, -0.05) is 42.0 Å². The van der Waals surface area contributed by atoms with Gasteiger partial charge >= 0.3 is 6.03 Å². The summed E-state index contributed by atoms with van der Waals surface area (Å²) in [6.07, 6.45) is 0. The van der Waals surface area contributed by atoms with Gasteiger partial charge in [0.25, 0.3) is 0 Å². The molecule has 0 bridgehead atoms. The molecule has 0 heterocycles. The third-order valence-corrected chi connectivity index (χ3v) is 2.99. The number of anilines is 1. The maximum absolute atomic E-state index is 11.8. The van der Waals surface area contributed by atoms with Crippen molar-refractivity contribution in [2.45, 2.75) is 20.0 Å². The van der Waals surface area contributed by atoms with Crippen molar-refractivity contribution < 1.29 is 4.79 Å². The molecule has 0 aliphatic carbocycles. The SMILES string of the molecule is Cc1ccc(CNC(=O)Nc2cccc(CN)c2)cc1. The van der Waals surface area contributed by atoms with E-state index in [4.69, 9.17) is 5.73 Å². The van der Waals surface area contributed by atoms with Crippen molar-refractivity contribution in [3.63, 3.8) is 0 Å². The number of rotatable bonds is 4. The van der Waals surface area contributed by atoms with E-state index in [1.807, 2.05) is 55.5 Å². The zero-order valence-corrected chi connectivity index (χ0v) is 11.5. The standard InChI is InChI=1S/C16H19N3O/c1-12-5-7-13(8-6-12)11-18-16(20)19-15-4-2-3-14(9-15)10-17/h2-9H,10-11,17H2,1H3,(H2,18,19,20). The van der Waals surface area contributed by atoms with E-state index >= 15 is 0 Å². The van der Waals surface area contributed by atoms with Crippen molar-refractivity contribution in [2.75, 3.05) is 5.32 Å². The summed E-state index contributed by atoms with van der Waals surface area (Å²) in [7, 11) is 0. The molecule has 0 fully saturated rings. The topological polar surface area (TPSA) is 67.2 Å². The molecule has 4 N–H and O–H groups in total. The zero-order chi connectivity index (χ0) is 14.4. The highest BCUT2D eigenvalue weighted by atomic mass is 16.2.